The number of fused-ring (bicyclic) bond motifs is 1. The van der Waals surface area contributed by atoms with Gasteiger partial charge in [0, 0.05) is 11.2 Å². The van der Waals surface area contributed by atoms with Gasteiger partial charge in [0.2, 0.25) is 0 Å². The average molecular weight is 474 g/mol. The van der Waals surface area contributed by atoms with E-state index >= 15 is 0 Å². The van der Waals surface area contributed by atoms with Crippen molar-refractivity contribution in [3.63, 3.8) is 0 Å². The Hall–Kier alpha value is -3.55. The first-order chi connectivity index (χ1) is 16.0. The van der Waals surface area contributed by atoms with Crippen LogP contribution in [0.4, 0.5) is 5.13 Å². The van der Waals surface area contributed by atoms with Gasteiger partial charge in [-0.15, -0.1) is 0 Å². The van der Waals surface area contributed by atoms with Gasteiger partial charge in [-0.25, -0.2) is 9.67 Å². The highest BCUT2D eigenvalue weighted by atomic mass is 35.5. The van der Waals surface area contributed by atoms with Crippen molar-refractivity contribution in [2.75, 3.05) is 4.90 Å². The second kappa shape index (κ2) is 8.77. The predicted molar refractivity (Wildman–Crippen MR) is 132 cm³/mol. The molecule has 0 N–H and O–H groups in total. The van der Waals surface area contributed by atoms with Crippen LogP contribution in [-0.4, -0.2) is 25.7 Å². The van der Waals surface area contributed by atoms with Crippen LogP contribution in [0.5, 0.6) is 0 Å². The summed E-state index contributed by atoms with van der Waals surface area (Å²) in [4.78, 5) is 24.7. The summed E-state index contributed by atoms with van der Waals surface area (Å²) in [6, 6.07) is 19.2. The molecule has 0 fully saturated rings. The van der Waals surface area contributed by atoms with Gasteiger partial charge < -0.3 is 0 Å². The molecule has 0 aliphatic carbocycles. The molecule has 0 unspecified atom stereocenters. The Labute approximate surface area is 200 Å². The first-order valence-corrected chi connectivity index (χ1v) is 11.6. The number of amides is 1. The summed E-state index contributed by atoms with van der Waals surface area (Å²) < 4.78 is 2.75. The molecule has 0 atom stereocenters. The molecular formula is C25H20ClN5OS. The van der Waals surface area contributed by atoms with E-state index in [1.54, 1.807) is 22.0 Å². The van der Waals surface area contributed by atoms with Crippen LogP contribution in [-0.2, 0) is 6.54 Å². The lowest BCUT2D eigenvalue weighted by Crippen LogP contribution is -2.31. The molecule has 8 heteroatoms. The van der Waals surface area contributed by atoms with Crippen LogP contribution in [0.1, 0.15) is 27.3 Å². The minimum Gasteiger partial charge on any atom is -0.278 e. The van der Waals surface area contributed by atoms with E-state index in [-0.39, 0.29) is 5.91 Å². The van der Waals surface area contributed by atoms with Crippen molar-refractivity contribution in [1.82, 2.24) is 19.7 Å². The highest BCUT2D eigenvalue weighted by Gasteiger charge is 2.26. The van der Waals surface area contributed by atoms with Crippen molar-refractivity contribution in [3.8, 4) is 5.69 Å². The number of anilines is 1. The van der Waals surface area contributed by atoms with Gasteiger partial charge in [-0.3, -0.25) is 14.7 Å². The maximum absolute atomic E-state index is 13.8. The number of hydrogen-bond donors (Lipinski definition) is 0. The largest absolute Gasteiger partial charge is 0.278 e. The zero-order valence-electron chi connectivity index (χ0n) is 18.1. The number of halogens is 1. The minimum atomic E-state index is -0.178. The van der Waals surface area contributed by atoms with E-state index in [1.165, 1.54) is 11.3 Å². The number of para-hydroxylation sites is 1. The zero-order valence-corrected chi connectivity index (χ0v) is 19.6. The molecule has 0 saturated carbocycles. The topological polar surface area (TPSA) is 63.9 Å². The number of aromatic nitrogens is 4. The van der Waals surface area contributed by atoms with Gasteiger partial charge in [0.1, 0.15) is 0 Å². The van der Waals surface area contributed by atoms with E-state index in [1.807, 2.05) is 74.5 Å². The molecule has 5 rings (SSSR count). The average Bonchev–Trinajstić information content (AvgIpc) is 3.45. The number of thiazole rings is 1. The zero-order chi connectivity index (χ0) is 22.9. The van der Waals surface area contributed by atoms with Gasteiger partial charge in [-0.2, -0.15) is 5.10 Å². The Morgan fingerprint density at radius 2 is 1.85 bits per heavy atom. The van der Waals surface area contributed by atoms with E-state index in [2.05, 4.69) is 10.1 Å². The third-order valence-electron chi connectivity index (χ3n) is 5.50. The predicted octanol–water partition coefficient (Wildman–Crippen LogP) is 5.99. The van der Waals surface area contributed by atoms with Crippen molar-refractivity contribution < 1.29 is 4.79 Å². The van der Waals surface area contributed by atoms with Gasteiger partial charge in [0.15, 0.2) is 5.13 Å². The van der Waals surface area contributed by atoms with Crippen molar-refractivity contribution in [2.45, 2.75) is 20.4 Å². The Kier molecular flexibility index (Phi) is 5.66. The van der Waals surface area contributed by atoms with Crippen LogP contribution in [0.2, 0.25) is 5.02 Å². The molecular weight excluding hydrogens is 454 g/mol. The first kappa shape index (κ1) is 21.3. The number of carbonyl (C=O) groups excluding carboxylic acids is 1. The van der Waals surface area contributed by atoms with Crippen LogP contribution in [0, 0.1) is 13.8 Å². The summed E-state index contributed by atoms with van der Waals surface area (Å²) in [6.45, 7) is 4.13. The van der Waals surface area contributed by atoms with Gasteiger partial charge in [-0.05, 0) is 55.8 Å². The van der Waals surface area contributed by atoms with Gasteiger partial charge in [-0.1, -0.05) is 47.2 Å². The molecule has 0 saturated heterocycles. The SMILES string of the molecule is Cc1c(Cl)ccc2sc(N(Cc3ccccn3)C(=O)c3cnn(-c4ccccc4)c3C)nc12. The first-order valence-electron chi connectivity index (χ1n) is 10.4. The summed E-state index contributed by atoms with van der Waals surface area (Å²) in [5, 5.41) is 5.73. The van der Waals surface area contributed by atoms with Crippen molar-refractivity contribution in [2.24, 2.45) is 0 Å². The third-order valence-corrected chi connectivity index (χ3v) is 6.95. The Bertz CT molecular complexity index is 1450. The lowest BCUT2D eigenvalue weighted by Gasteiger charge is -2.19. The molecule has 0 aliphatic heterocycles. The molecule has 0 aliphatic rings. The molecule has 3 heterocycles. The standard InChI is InChI=1S/C25H20ClN5OS/c1-16-21(26)11-12-22-23(16)29-25(33-22)30(15-18-8-6-7-13-27-18)24(32)20-14-28-31(17(20)2)19-9-4-3-5-10-19/h3-14H,15H2,1-2H3. The highest BCUT2D eigenvalue weighted by molar-refractivity contribution is 7.22. The van der Waals surface area contributed by atoms with Gasteiger partial charge in [0.25, 0.3) is 5.91 Å². The minimum absolute atomic E-state index is 0.178. The third kappa shape index (κ3) is 4.01. The maximum Gasteiger partial charge on any atom is 0.263 e. The van der Waals surface area contributed by atoms with E-state index in [9.17, 15) is 4.79 Å². The van der Waals surface area contributed by atoms with E-state index in [4.69, 9.17) is 16.6 Å². The van der Waals surface area contributed by atoms with Crippen LogP contribution >= 0.6 is 22.9 Å². The number of pyridine rings is 1. The molecule has 0 radical (unpaired) electrons. The molecule has 164 valence electrons. The van der Waals surface area contributed by atoms with Crippen molar-refractivity contribution in [1.29, 1.82) is 0 Å². The second-order valence-electron chi connectivity index (χ2n) is 7.62. The Morgan fingerprint density at radius 3 is 2.61 bits per heavy atom. The summed E-state index contributed by atoms with van der Waals surface area (Å²) in [6.07, 6.45) is 3.34. The van der Waals surface area contributed by atoms with E-state index in [0.717, 1.165) is 32.9 Å². The number of hydrogen-bond acceptors (Lipinski definition) is 5. The Balaban J connectivity index is 1.59. The fourth-order valence-corrected chi connectivity index (χ4v) is 4.85. The lowest BCUT2D eigenvalue weighted by atomic mass is 10.2. The van der Waals surface area contributed by atoms with Crippen LogP contribution in [0.3, 0.4) is 0 Å². The summed E-state index contributed by atoms with van der Waals surface area (Å²) in [5.41, 5.74) is 4.65. The maximum atomic E-state index is 13.8. The number of carbonyl (C=O) groups is 1. The normalized spacial score (nSPS) is 11.1. The molecule has 1 amide bonds. The number of rotatable bonds is 5. The summed E-state index contributed by atoms with van der Waals surface area (Å²) >= 11 is 7.77. The molecule has 0 bridgehead atoms. The van der Waals surface area contributed by atoms with Crippen LogP contribution in [0.25, 0.3) is 15.9 Å². The van der Waals surface area contributed by atoms with Crippen molar-refractivity contribution >= 4 is 44.2 Å². The highest BCUT2D eigenvalue weighted by Crippen LogP contribution is 2.35. The van der Waals surface area contributed by atoms with Gasteiger partial charge in [0.05, 0.1) is 45.6 Å². The van der Waals surface area contributed by atoms with Crippen LogP contribution in [0.15, 0.2) is 73.1 Å². The Morgan fingerprint density at radius 1 is 1.06 bits per heavy atom. The molecule has 3 aromatic heterocycles. The molecule has 0 spiro atoms. The second-order valence-corrected chi connectivity index (χ2v) is 9.04. The fourth-order valence-electron chi connectivity index (χ4n) is 3.68. The quantitative estimate of drug-likeness (QED) is 0.314. The number of aryl methyl sites for hydroxylation is 1. The molecule has 2 aromatic carbocycles. The monoisotopic (exact) mass is 473 g/mol. The molecule has 6 nitrogen and oxygen atoms in total. The number of nitrogens with zero attached hydrogens (tertiary/aromatic N) is 5. The van der Waals surface area contributed by atoms with Gasteiger partial charge >= 0.3 is 0 Å². The van der Waals surface area contributed by atoms with Crippen molar-refractivity contribution in [3.05, 3.63) is 101 Å². The van der Waals surface area contributed by atoms with E-state index < -0.39 is 0 Å². The molecule has 5 aromatic rings. The molecule has 33 heavy (non-hydrogen) atoms. The summed E-state index contributed by atoms with van der Waals surface area (Å²) in [5.74, 6) is -0.178. The smallest absolute Gasteiger partial charge is 0.263 e. The summed E-state index contributed by atoms with van der Waals surface area (Å²) in [7, 11) is 0. The number of benzene rings is 2. The fraction of sp³-hybridized carbons (Fsp3) is 0.120. The van der Waals surface area contributed by atoms with E-state index in [0.29, 0.717) is 22.3 Å². The van der Waals surface area contributed by atoms with Crippen LogP contribution < -0.4 is 4.90 Å². The lowest BCUT2D eigenvalue weighted by molar-refractivity contribution is 0.0984.